The SMILES string of the molecule is C=C/C=C\C(=C/C=C)c1nc(C(/C=C\C=C)=C/C=C)nc(-c2ccccc2)n1. The van der Waals surface area contributed by atoms with Crippen LogP contribution >= 0.6 is 0 Å². The van der Waals surface area contributed by atoms with E-state index in [1.165, 1.54) is 0 Å². The summed E-state index contributed by atoms with van der Waals surface area (Å²) in [7, 11) is 0. The van der Waals surface area contributed by atoms with Crippen molar-refractivity contribution < 1.29 is 0 Å². The lowest BCUT2D eigenvalue weighted by Crippen LogP contribution is -2.04. The Morgan fingerprint density at radius 3 is 1.57 bits per heavy atom. The Morgan fingerprint density at radius 1 is 0.643 bits per heavy atom. The van der Waals surface area contributed by atoms with Crippen LogP contribution < -0.4 is 0 Å². The minimum absolute atomic E-state index is 0.545. The van der Waals surface area contributed by atoms with E-state index in [2.05, 4.69) is 41.3 Å². The maximum absolute atomic E-state index is 4.68. The molecular formula is C25H23N3. The number of aromatic nitrogens is 3. The van der Waals surface area contributed by atoms with Gasteiger partial charge >= 0.3 is 0 Å². The number of rotatable bonds is 9. The molecule has 2 rings (SSSR count). The van der Waals surface area contributed by atoms with E-state index in [-0.39, 0.29) is 0 Å². The summed E-state index contributed by atoms with van der Waals surface area (Å²) >= 11 is 0. The van der Waals surface area contributed by atoms with Gasteiger partial charge in [-0.2, -0.15) is 0 Å². The van der Waals surface area contributed by atoms with Crippen molar-refractivity contribution in [1.82, 2.24) is 15.0 Å². The first-order valence-electron chi connectivity index (χ1n) is 8.79. The van der Waals surface area contributed by atoms with E-state index in [0.717, 1.165) is 16.7 Å². The standard InChI is InChI=1S/C25H23N3/c1-5-9-16-20(14-7-3)23-26-24(21(15-8-4)17-10-6-2)28-25(27-23)22-18-12-11-13-19-22/h5-19H,1-4H2/b16-9-,17-10-,20-14+,21-15+. The maximum Gasteiger partial charge on any atom is 0.164 e. The Hall–Kier alpha value is -3.85. The predicted molar refractivity (Wildman–Crippen MR) is 120 cm³/mol. The molecule has 0 bridgehead atoms. The van der Waals surface area contributed by atoms with Gasteiger partial charge in [-0.3, -0.25) is 0 Å². The zero-order chi connectivity index (χ0) is 20.2. The zero-order valence-electron chi connectivity index (χ0n) is 15.8. The van der Waals surface area contributed by atoms with Gasteiger partial charge in [0.1, 0.15) is 0 Å². The van der Waals surface area contributed by atoms with Crippen LogP contribution in [0.1, 0.15) is 11.6 Å². The van der Waals surface area contributed by atoms with Crippen molar-refractivity contribution in [2.45, 2.75) is 0 Å². The van der Waals surface area contributed by atoms with Crippen LogP contribution in [0, 0.1) is 0 Å². The van der Waals surface area contributed by atoms with Crippen molar-refractivity contribution in [3.8, 4) is 11.4 Å². The maximum atomic E-state index is 4.68. The van der Waals surface area contributed by atoms with Crippen molar-refractivity contribution in [3.05, 3.63) is 129 Å². The lowest BCUT2D eigenvalue weighted by Gasteiger charge is -2.09. The highest BCUT2D eigenvalue weighted by molar-refractivity contribution is 5.76. The molecule has 0 saturated heterocycles. The molecule has 1 aromatic heterocycles. The molecule has 0 spiro atoms. The third-order valence-electron chi connectivity index (χ3n) is 3.60. The Morgan fingerprint density at radius 2 is 1.14 bits per heavy atom. The van der Waals surface area contributed by atoms with E-state index in [1.807, 2.05) is 66.8 Å². The molecule has 0 unspecified atom stereocenters. The van der Waals surface area contributed by atoms with Crippen LogP contribution in [0.2, 0.25) is 0 Å². The van der Waals surface area contributed by atoms with E-state index < -0.39 is 0 Å². The number of hydrogen-bond acceptors (Lipinski definition) is 3. The Bertz CT molecular complexity index is 916. The van der Waals surface area contributed by atoms with Gasteiger partial charge in [0.25, 0.3) is 0 Å². The second kappa shape index (κ2) is 11.0. The van der Waals surface area contributed by atoms with Crippen molar-refractivity contribution in [2.75, 3.05) is 0 Å². The summed E-state index contributed by atoms with van der Waals surface area (Å²) in [5, 5.41) is 0. The van der Waals surface area contributed by atoms with Gasteiger partial charge in [-0.25, -0.2) is 15.0 Å². The van der Waals surface area contributed by atoms with Gasteiger partial charge in [0.15, 0.2) is 17.5 Å². The molecule has 138 valence electrons. The third-order valence-corrected chi connectivity index (χ3v) is 3.60. The van der Waals surface area contributed by atoms with Gasteiger partial charge in [-0.05, 0) is 0 Å². The fourth-order valence-corrected chi connectivity index (χ4v) is 2.36. The molecule has 2 aromatic rings. The van der Waals surface area contributed by atoms with Gasteiger partial charge < -0.3 is 0 Å². The van der Waals surface area contributed by atoms with Crippen LogP contribution in [0.4, 0.5) is 0 Å². The van der Waals surface area contributed by atoms with Gasteiger partial charge in [-0.15, -0.1) is 0 Å². The topological polar surface area (TPSA) is 38.7 Å². The Labute approximate surface area is 166 Å². The molecule has 1 aromatic carbocycles. The van der Waals surface area contributed by atoms with Crippen LogP contribution in [0.5, 0.6) is 0 Å². The molecule has 0 aliphatic heterocycles. The molecule has 3 heteroatoms. The molecule has 1 heterocycles. The van der Waals surface area contributed by atoms with E-state index in [4.69, 9.17) is 0 Å². The first-order valence-corrected chi connectivity index (χ1v) is 8.79. The second-order valence-electron chi connectivity index (χ2n) is 5.58. The highest BCUT2D eigenvalue weighted by Crippen LogP contribution is 2.22. The van der Waals surface area contributed by atoms with E-state index in [1.54, 1.807) is 24.3 Å². The first kappa shape index (κ1) is 20.5. The number of benzene rings is 1. The largest absolute Gasteiger partial charge is 0.208 e. The van der Waals surface area contributed by atoms with E-state index in [9.17, 15) is 0 Å². The van der Waals surface area contributed by atoms with Crippen LogP contribution in [0.25, 0.3) is 22.5 Å². The lowest BCUT2D eigenvalue weighted by atomic mass is 10.1. The zero-order valence-corrected chi connectivity index (χ0v) is 15.8. The Balaban J connectivity index is 2.74. The quantitative estimate of drug-likeness (QED) is 0.499. The van der Waals surface area contributed by atoms with Crippen LogP contribution in [-0.4, -0.2) is 15.0 Å². The molecule has 0 atom stereocenters. The third kappa shape index (κ3) is 5.58. The Kier molecular flexibility index (Phi) is 8.03. The summed E-state index contributed by atoms with van der Waals surface area (Å²) in [6, 6.07) is 9.80. The van der Waals surface area contributed by atoms with Crippen molar-refractivity contribution in [2.24, 2.45) is 0 Å². The second-order valence-corrected chi connectivity index (χ2v) is 5.58. The smallest absolute Gasteiger partial charge is 0.164 e. The van der Waals surface area contributed by atoms with Crippen molar-refractivity contribution in [3.63, 3.8) is 0 Å². The van der Waals surface area contributed by atoms with Crippen molar-refractivity contribution >= 4 is 11.1 Å². The first-order chi connectivity index (χ1) is 13.7. The summed E-state index contributed by atoms with van der Waals surface area (Å²) < 4.78 is 0. The molecule has 0 fully saturated rings. The molecule has 0 N–H and O–H groups in total. The number of allylic oxidation sites excluding steroid dienone is 12. The summed E-state index contributed by atoms with van der Waals surface area (Å²) in [4.78, 5) is 14.0. The number of hydrogen-bond donors (Lipinski definition) is 0. The fourth-order valence-electron chi connectivity index (χ4n) is 2.36. The summed E-state index contributed by atoms with van der Waals surface area (Å²) in [5.41, 5.74) is 2.52. The summed E-state index contributed by atoms with van der Waals surface area (Å²) in [5.74, 6) is 1.68. The van der Waals surface area contributed by atoms with Gasteiger partial charge in [-0.1, -0.05) is 117 Å². The van der Waals surface area contributed by atoms with Gasteiger partial charge in [0, 0.05) is 16.7 Å². The molecule has 0 radical (unpaired) electrons. The minimum atomic E-state index is 0.545. The van der Waals surface area contributed by atoms with Crippen molar-refractivity contribution in [1.29, 1.82) is 0 Å². The molecular weight excluding hydrogens is 342 g/mol. The summed E-state index contributed by atoms with van der Waals surface area (Å²) in [6.07, 6.45) is 17.9. The lowest BCUT2D eigenvalue weighted by molar-refractivity contribution is 1.00. The highest BCUT2D eigenvalue weighted by Gasteiger charge is 2.12. The average Bonchev–Trinajstić information content (AvgIpc) is 2.74. The monoisotopic (exact) mass is 365 g/mol. The molecule has 28 heavy (non-hydrogen) atoms. The molecule has 0 saturated carbocycles. The van der Waals surface area contributed by atoms with Crippen LogP contribution in [-0.2, 0) is 0 Å². The molecule has 0 aliphatic rings. The van der Waals surface area contributed by atoms with E-state index in [0.29, 0.717) is 17.5 Å². The van der Waals surface area contributed by atoms with Crippen LogP contribution in [0.3, 0.4) is 0 Å². The molecule has 3 nitrogen and oxygen atoms in total. The fraction of sp³-hybridized carbons (Fsp3) is 0. The normalized spacial score (nSPS) is 12.3. The number of nitrogens with zero attached hydrogens (tertiary/aromatic N) is 3. The summed E-state index contributed by atoms with van der Waals surface area (Å²) in [6.45, 7) is 15.0. The molecule has 0 aliphatic carbocycles. The average molecular weight is 365 g/mol. The predicted octanol–water partition coefficient (Wildman–Crippen LogP) is 6.16. The highest BCUT2D eigenvalue weighted by atomic mass is 15.0. The van der Waals surface area contributed by atoms with Gasteiger partial charge in [0.2, 0.25) is 0 Å². The minimum Gasteiger partial charge on any atom is -0.208 e. The van der Waals surface area contributed by atoms with Gasteiger partial charge in [0.05, 0.1) is 0 Å². The van der Waals surface area contributed by atoms with Crippen LogP contribution in [0.15, 0.2) is 117 Å². The van der Waals surface area contributed by atoms with E-state index >= 15 is 0 Å². The molecule has 0 amide bonds.